The molecule has 0 fully saturated rings. The zero-order chi connectivity index (χ0) is 13.5. The van der Waals surface area contributed by atoms with Crippen LogP contribution in [0.5, 0.6) is 0 Å². The van der Waals surface area contributed by atoms with Crippen molar-refractivity contribution >= 4 is 11.8 Å². The van der Waals surface area contributed by atoms with Gasteiger partial charge in [-0.15, -0.1) is 19.7 Å². The van der Waals surface area contributed by atoms with Crippen LogP contribution in [0.25, 0.3) is 6.08 Å². The third-order valence-electron chi connectivity index (χ3n) is 3.00. The lowest BCUT2D eigenvalue weighted by Gasteiger charge is -2.17. The zero-order valence-electron chi connectivity index (χ0n) is 10.9. The SMILES string of the molecule is C=CCc1c(N)cc(C=C)c(CC=C)c1CC=C. The summed E-state index contributed by atoms with van der Waals surface area (Å²) in [4.78, 5) is 0. The van der Waals surface area contributed by atoms with Gasteiger partial charge in [0.15, 0.2) is 0 Å². The van der Waals surface area contributed by atoms with Gasteiger partial charge in [0, 0.05) is 5.69 Å². The summed E-state index contributed by atoms with van der Waals surface area (Å²) < 4.78 is 0. The average molecular weight is 239 g/mol. The Morgan fingerprint density at radius 2 is 1.33 bits per heavy atom. The number of allylic oxidation sites excluding steroid dienone is 3. The number of hydrogen-bond donors (Lipinski definition) is 1. The molecule has 18 heavy (non-hydrogen) atoms. The van der Waals surface area contributed by atoms with E-state index in [9.17, 15) is 0 Å². The molecule has 0 saturated carbocycles. The fraction of sp³-hybridized carbons (Fsp3) is 0.176. The molecule has 94 valence electrons. The Kier molecular flexibility index (Phi) is 5.19. The monoisotopic (exact) mass is 239 g/mol. The van der Waals surface area contributed by atoms with E-state index < -0.39 is 0 Å². The molecule has 0 unspecified atom stereocenters. The number of hydrogen-bond acceptors (Lipinski definition) is 1. The van der Waals surface area contributed by atoms with Gasteiger partial charge in [-0.25, -0.2) is 0 Å². The molecule has 0 bridgehead atoms. The second-order valence-corrected chi connectivity index (χ2v) is 4.17. The van der Waals surface area contributed by atoms with Gasteiger partial charge in [-0.05, 0) is 47.6 Å². The normalized spacial score (nSPS) is 9.78. The number of nitrogen functional groups attached to an aromatic ring is 1. The molecule has 1 heteroatoms. The third-order valence-corrected chi connectivity index (χ3v) is 3.00. The van der Waals surface area contributed by atoms with E-state index in [1.54, 1.807) is 0 Å². The van der Waals surface area contributed by atoms with E-state index in [2.05, 4.69) is 26.3 Å². The lowest BCUT2D eigenvalue weighted by molar-refractivity contribution is 1.09. The molecule has 0 aliphatic carbocycles. The molecule has 0 aliphatic heterocycles. The fourth-order valence-corrected chi connectivity index (χ4v) is 2.22. The highest BCUT2D eigenvalue weighted by molar-refractivity contribution is 5.66. The van der Waals surface area contributed by atoms with Crippen LogP contribution in [-0.2, 0) is 19.3 Å². The van der Waals surface area contributed by atoms with E-state index in [1.807, 2.05) is 30.4 Å². The van der Waals surface area contributed by atoms with E-state index >= 15 is 0 Å². The molecule has 0 atom stereocenters. The van der Waals surface area contributed by atoms with Crippen molar-refractivity contribution in [3.05, 3.63) is 72.9 Å². The van der Waals surface area contributed by atoms with Gasteiger partial charge in [0.2, 0.25) is 0 Å². The summed E-state index contributed by atoms with van der Waals surface area (Å²) in [6.45, 7) is 15.3. The average Bonchev–Trinajstić information content (AvgIpc) is 2.36. The molecule has 0 radical (unpaired) electrons. The van der Waals surface area contributed by atoms with Crippen LogP contribution in [0.3, 0.4) is 0 Å². The first-order valence-electron chi connectivity index (χ1n) is 6.07. The first-order valence-corrected chi connectivity index (χ1v) is 6.07. The lowest BCUT2D eigenvalue weighted by Crippen LogP contribution is -2.05. The van der Waals surface area contributed by atoms with Crippen LogP contribution >= 0.6 is 0 Å². The van der Waals surface area contributed by atoms with Gasteiger partial charge in [0.05, 0.1) is 0 Å². The summed E-state index contributed by atoms with van der Waals surface area (Å²) in [5.41, 5.74) is 11.6. The lowest BCUT2D eigenvalue weighted by atomic mass is 9.89. The van der Waals surface area contributed by atoms with E-state index in [0.717, 1.165) is 36.1 Å². The smallest absolute Gasteiger partial charge is 0.0358 e. The molecule has 0 aliphatic rings. The molecule has 0 heterocycles. The maximum atomic E-state index is 6.12. The number of anilines is 1. The first-order chi connectivity index (χ1) is 8.69. The van der Waals surface area contributed by atoms with Crippen LogP contribution in [-0.4, -0.2) is 0 Å². The van der Waals surface area contributed by atoms with Crippen LogP contribution in [0.1, 0.15) is 22.3 Å². The van der Waals surface area contributed by atoms with Crippen molar-refractivity contribution in [2.45, 2.75) is 19.3 Å². The summed E-state index contributed by atoms with van der Waals surface area (Å²) in [5.74, 6) is 0. The summed E-state index contributed by atoms with van der Waals surface area (Å²) in [6, 6.07) is 1.98. The molecule has 2 N–H and O–H groups in total. The van der Waals surface area contributed by atoms with Gasteiger partial charge in [0.1, 0.15) is 0 Å². The van der Waals surface area contributed by atoms with Crippen LogP contribution in [0.2, 0.25) is 0 Å². The quantitative estimate of drug-likeness (QED) is 0.562. The van der Waals surface area contributed by atoms with Crippen LogP contribution in [0.15, 0.2) is 50.6 Å². The van der Waals surface area contributed by atoms with Crippen molar-refractivity contribution < 1.29 is 0 Å². The van der Waals surface area contributed by atoms with Gasteiger partial charge >= 0.3 is 0 Å². The number of rotatable bonds is 7. The summed E-state index contributed by atoms with van der Waals surface area (Å²) in [5, 5.41) is 0. The van der Waals surface area contributed by atoms with E-state index in [-0.39, 0.29) is 0 Å². The van der Waals surface area contributed by atoms with E-state index in [1.165, 1.54) is 11.1 Å². The topological polar surface area (TPSA) is 26.0 Å². The van der Waals surface area contributed by atoms with Crippen molar-refractivity contribution in [1.82, 2.24) is 0 Å². The Morgan fingerprint density at radius 1 is 0.833 bits per heavy atom. The molecule has 0 spiro atoms. The van der Waals surface area contributed by atoms with Crippen molar-refractivity contribution in [3.8, 4) is 0 Å². The van der Waals surface area contributed by atoms with E-state index in [4.69, 9.17) is 5.73 Å². The molecule has 1 rings (SSSR count). The first kappa shape index (κ1) is 14.0. The van der Waals surface area contributed by atoms with Gasteiger partial charge in [-0.3, -0.25) is 0 Å². The maximum Gasteiger partial charge on any atom is 0.0358 e. The molecule has 1 aromatic rings. The van der Waals surface area contributed by atoms with Crippen LogP contribution < -0.4 is 5.73 Å². The molecule has 1 nitrogen and oxygen atoms in total. The standard InChI is InChI=1S/C17H21N/c1-5-9-14-13(8-4)12-17(18)16(11-7-3)15(14)10-6-2/h5-8,12H,1-4,9-11,18H2. The minimum absolute atomic E-state index is 0.774. The highest BCUT2D eigenvalue weighted by Gasteiger charge is 2.12. The second-order valence-electron chi connectivity index (χ2n) is 4.17. The molecule has 1 aromatic carbocycles. The molecular formula is C17H21N. The Labute approximate surface area is 110 Å². The Balaban J connectivity index is 3.55. The highest BCUT2D eigenvalue weighted by Crippen LogP contribution is 2.28. The van der Waals surface area contributed by atoms with Crippen molar-refractivity contribution in [3.63, 3.8) is 0 Å². The van der Waals surface area contributed by atoms with E-state index in [0.29, 0.717) is 0 Å². The Hall–Kier alpha value is -2.02. The third kappa shape index (κ3) is 2.80. The summed E-state index contributed by atoms with van der Waals surface area (Å²) in [6.07, 6.45) is 9.93. The largest absolute Gasteiger partial charge is 0.398 e. The molecule has 0 amide bonds. The minimum atomic E-state index is 0.774. The fourth-order valence-electron chi connectivity index (χ4n) is 2.22. The number of benzene rings is 1. The Bertz CT molecular complexity index is 481. The van der Waals surface area contributed by atoms with Gasteiger partial charge < -0.3 is 5.73 Å². The molecular weight excluding hydrogens is 218 g/mol. The van der Waals surface area contributed by atoms with Gasteiger partial charge in [-0.1, -0.05) is 30.9 Å². The predicted octanol–water partition coefficient (Wildman–Crippen LogP) is 4.10. The number of nitrogens with two attached hydrogens (primary N) is 1. The predicted molar refractivity (Wildman–Crippen MR) is 82.6 cm³/mol. The van der Waals surface area contributed by atoms with Crippen LogP contribution in [0, 0.1) is 0 Å². The zero-order valence-corrected chi connectivity index (χ0v) is 10.9. The second kappa shape index (κ2) is 6.65. The van der Waals surface area contributed by atoms with Gasteiger partial charge in [-0.2, -0.15) is 0 Å². The summed E-state index contributed by atoms with van der Waals surface area (Å²) >= 11 is 0. The minimum Gasteiger partial charge on any atom is -0.398 e. The van der Waals surface area contributed by atoms with Gasteiger partial charge in [0.25, 0.3) is 0 Å². The summed E-state index contributed by atoms with van der Waals surface area (Å²) in [7, 11) is 0. The molecule has 0 saturated heterocycles. The maximum absolute atomic E-state index is 6.12. The molecule has 0 aromatic heterocycles. The van der Waals surface area contributed by atoms with Crippen molar-refractivity contribution in [2.75, 3.05) is 5.73 Å². The van der Waals surface area contributed by atoms with Crippen LogP contribution in [0.4, 0.5) is 5.69 Å². The van der Waals surface area contributed by atoms with Crippen molar-refractivity contribution in [2.24, 2.45) is 0 Å². The highest BCUT2D eigenvalue weighted by atomic mass is 14.6. The van der Waals surface area contributed by atoms with Crippen molar-refractivity contribution in [1.29, 1.82) is 0 Å². The Morgan fingerprint density at radius 3 is 1.83 bits per heavy atom.